The molecule has 168 valence electrons. The number of aliphatic imine (C=N–C) groups is 1. The molecule has 6 nitrogen and oxygen atoms in total. The van der Waals surface area contributed by atoms with E-state index in [9.17, 15) is 4.79 Å². The zero-order valence-corrected chi connectivity index (χ0v) is 20.5. The van der Waals surface area contributed by atoms with Gasteiger partial charge >= 0.3 is 0 Å². The van der Waals surface area contributed by atoms with E-state index in [4.69, 9.17) is 18.9 Å². The van der Waals surface area contributed by atoms with Crippen LogP contribution in [0, 0.1) is 0 Å². The average molecular weight is 517 g/mol. The number of thiophene rings is 1. The van der Waals surface area contributed by atoms with E-state index in [1.165, 1.54) is 4.88 Å². The van der Waals surface area contributed by atoms with E-state index in [1.807, 2.05) is 31.2 Å². The first-order valence-electron chi connectivity index (χ1n) is 10.6. The van der Waals surface area contributed by atoms with Gasteiger partial charge in [0.2, 0.25) is 0 Å². The smallest absolute Gasteiger partial charge is 0.255 e. The van der Waals surface area contributed by atoms with Crippen molar-refractivity contribution in [2.75, 3.05) is 13.7 Å². The number of furan rings is 1. The normalized spacial score (nSPS) is 13.2. The van der Waals surface area contributed by atoms with Crippen LogP contribution in [0.5, 0.6) is 11.5 Å². The molecule has 1 aliphatic rings. The highest BCUT2D eigenvalue weighted by Crippen LogP contribution is 2.40. The van der Waals surface area contributed by atoms with Gasteiger partial charge in [-0.1, -0.05) is 0 Å². The van der Waals surface area contributed by atoms with E-state index in [2.05, 4.69) is 21.2 Å². The van der Waals surface area contributed by atoms with E-state index >= 15 is 0 Å². The number of amides is 1. The van der Waals surface area contributed by atoms with Crippen molar-refractivity contribution in [1.82, 2.24) is 5.32 Å². The lowest BCUT2D eigenvalue weighted by Gasteiger charge is -2.12. The molecule has 1 amide bonds. The quantitative estimate of drug-likeness (QED) is 0.368. The first-order valence-corrected chi connectivity index (χ1v) is 12.2. The summed E-state index contributed by atoms with van der Waals surface area (Å²) >= 11 is 5.19. The highest BCUT2D eigenvalue weighted by molar-refractivity contribution is 9.10. The molecule has 0 aliphatic heterocycles. The molecule has 0 saturated heterocycles. The van der Waals surface area contributed by atoms with Crippen LogP contribution in [-0.4, -0.2) is 25.8 Å². The van der Waals surface area contributed by atoms with Gasteiger partial charge in [0.1, 0.15) is 10.8 Å². The molecular weight excluding hydrogens is 492 g/mol. The van der Waals surface area contributed by atoms with Gasteiger partial charge in [-0.15, -0.1) is 11.3 Å². The molecule has 4 rings (SSSR count). The molecule has 0 atom stereocenters. The van der Waals surface area contributed by atoms with Crippen molar-refractivity contribution in [1.29, 1.82) is 0 Å². The van der Waals surface area contributed by atoms with Gasteiger partial charge in [-0.2, -0.15) is 0 Å². The summed E-state index contributed by atoms with van der Waals surface area (Å²) in [6.07, 6.45) is 7.51. The first-order chi connectivity index (χ1) is 15.6. The Labute approximate surface area is 199 Å². The fourth-order valence-corrected chi connectivity index (χ4v) is 5.41. The molecule has 0 saturated carbocycles. The Morgan fingerprint density at radius 1 is 1.31 bits per heavy atom. The van der Waals surface area contributed by atoms with E-state index in [-0.39, 0.29) is 5.91 Å². The van der Waals surface area contributed by atoms with Crippen molar-refractivity contribution in [3.8, 4) is 11.5 Å². The van der Waals surface area contributed by atoms with E-state index in [0.717, 1.165) is 52.0 Å². The molecule has 1 aromatic carbocycles. The number of halogens is 1. The van der Waals surface area contributed by atoms with Crippen LogP contribution in [0.3, 0.4) is 0 Å². The number of nitrogens with zero attached hydrogens (tertiary/aromatic N) is 1. The number of rotatable bonds is 8. The standard InChI is InChI=1S/C24H25BrN2O4S/c1-3-30-20-11-15(18(25)12-19(20)29-2)13-27-24-22(17-8-4-5-9-21(17)32-24)23(28)26-14-16-7-6-10-31-16/h6-7,10-13H,3-5,8-9,14H2,1-2H3,(H,26,28). The molecule has 0 spiro atoms. The Morgan fingerprint density at radius 2 is 2.16 bits per heavy atom. The maximum atomic E-state index is 13.1. The Morgan fingerprint density at radius 3 is 2.91 bits per heavy atom. The number of carbonyl (C=O) groups is 1. The third kappa shape index (κ3) is 4.91. The van der Waals surface area contributed by atoms with Gasteiger partial charge in [0, 0.05) is 21.1 Å². The molecule has 8 heteroatoms. The average Bonchev–Trinajstić information content (AvgIpc) is 3.45. The number of fused-ring (bicyclic) bond motifs is 1. The number of aryl methyl sites for hydroxylation is 1. The Bertz CT molecular complexity index is 1120. The fraction of sp³-hybridized carbons (Fsp3) is 0.333. The number of ether oxygens (including phenoxy) is 2. The highest BCUT2D eigenvalue weighted by Gasteiger charge is 2.25. The second-order valence-corrected chi connectivity index (χ2v) is 9.31. The van der Waals surface area contributed by atoms with Crippen LogP contribution < -0.4 is 14.8 Å². The summed E-state index contributed by atoms with van der Waals surface area (Å²) in [4.78, 5) is 19.1. The molecule has 0 radical (unpaired) electrons. The van der Waals surface area contributed by atoms with Gasteiger partial charge in [-0.05, 0) is 78.4 Å². The third-order valence-corrected chi connectivity index (χ3v) is 7.17. The van der Waals surface area contributed by atoms with E-state index in [0.29, 0.717) is 30.2 Å². The molecule has 32 heavy (non-hydrogen) atoms. The van der Waals surface area contributed by atoms with Crippen molar-refractivity contribution in [2.24, 2.45) is 4.99 Å². The third-order valence-electron chi connectivity index (χ3n) is 5.29. The number of methoxy groups -OCH3 is 1. The predicted octanol–water partition coefficient (Wildman–Crippen LogP) is 6.07. The van der Waals surface area contributed by atoms with E-state index < -0.39 is 0 Å². The number of nitrogens with one attached hydrogen (secondary N) is 1. The molecular formula is C24H25BrN2O4S. The first kappa shape index (κ1) is 22.6. The highest BCUT2D eigenvalue weighted by atomic mass is 79.9. The lowest BCUT2D eigenvalue weighted by Crippen LogP contribution is -2.23. The SMILES string of the molecule is CCOc1cc(C=Nc2sc3c(c2C(=O)NCc2ccco2)CCCC3)c(Br)cc1OC. The zero-order valence-electron chi connectivity index (χ0n) is 18.1. The summed E-state index contributed by atoms with van der Waals surface area (Å²) in [6, 6.07) is 7.41. The number of benzene rings is 1. The topological polar surface area (TPSA) is 73.1 Å². The monoisotopic (exact) mass is 516 g/mol. The lowest BCUT2D eigenvalue weighted by molar-refractivity contribution is 0.0948. The number of hydrogen-bond acceptors (Lipinski definition) is 6. The van der Waals surface area contributed by atoms with Crippen LogP contribution in [0.25, 0.3) is 0 Å². The minimum Gasteiger partial charge on any atom is -0.493 e. The summed E-state index contributed by atoms with van der Waals surface area (Å²) in [5, 5.41) is 3.71. The summed E-state index contributed by atoms with van der Waals surface area (Å²) in [6.45, 7) is 2.81. The Hall–Kier alpha value is -2.58. The molecule has 1 aliphatic carbocycles. The van der Waals surface area contributed by atoms with Crippen LogP contribution in [-0.2, 0) is 19.4 Å². The van der Waals surface area contributed by atoms with E-state index in [1.54, 1.807) is 30.9 Å². The van der Waals surface area contributed by atoms with Gasteiger partial charge in [0.25, 0.3) is 5.91 Å². The molecule has 0 bridgehead atoms. The van der Waals surface area contributed by atoms with Crippen LogP contribution in [0.1, 0.15) is 51.9 Å². The molecule has 2 aromatic heterocycles. The largest absolute Gasteiger partial charge is 0.493 e. The fourth-order valence-electron chi connectivity index (χ4n) is 3.75. The van der Waals surface area contributed by atoms with Gasteiger partial charge < -0.3 is 19.2 Å². The zero-order chi connectivity index (χ0) is 22.5. The Kier molecular flexibility index (Phi) is 7.32. The van der Waals surface area contributed by atoms with Crippen molar-refractivity contribution in [2.45, 2.75) is 39.2 Å². The molecule has 0 fully saturated rings. The van der Waals surface area contributed by atoms with Crippen molar-refractivity contribution in [3.05, 3.63) is 62.3 Å². The second kappa shape index (κ2) is 10.4. The van der Waals surface area contributed by atoms with Crippen molar-refractivity contribution in [3.63, 3.8) is 0 Å². The Balaban J connectivity index is 1.65. The summed E-state index contributed by atoms with van der Waals surface area (Å²) < 4.78 is 17.3. The minimum atomic E-state index is -0.114. The van der Waals surface area contributed by atoms with Gasteiger partial charge in [0.05, 0.1) is 32.1 Å². The maximum absolute atomic E-state index is 13.1. The van der Waals surface area contributed by atoms with Crippen molar-refractivity contribution < 1.29 is 18.7 Å². The van der Waals surface area contributed by atoms with Gasteiger partial charge in [0.15, 0.2) is 11.5 Å². The number of hydrogen-bond donors (Lipinski definition) is 1. The van der Waals surface area contributed by atoms with Gasteiger partial charge in [-0.3, -0.25) is 4.79 Å². The summed E-state index contributed by atoms with van der Waals surface area (Å²) in [5.41, 5.74) is 2.67. The lowest BCUT2D eigenvalue weighted by atomic mass is 9.95. The predicted molar refractivity (Wildman–Crippen MR) is 130 cm³/mol. The van der Waals surface area contributed by atoms with Crippen LogP contribution >= 0.6 is 27.3 Å². The maximum Gasteiger partial charge on any atom is 0.255 e. The van der Waals surface area contributed by atoms with Crippen LogP contribution in [0.2, 0.25) is 0 Å². The van der Waals surface area contributed by atoms with Crippen molar-refractivity contribution >= 4 is 44.4 Å². The molecule has 0 unspecified atom stereocenters. The minimum absolute atomic E-state index is 0.114. The summed E-state index contributed by atoms with van der Waals surface area (Å²) in [7, 11) is 1.61. The summed E-state index contributed by atoms with van der Waals surface area (Å²) in [5.74, 6) is 1.91. The van der Waals surface area contributed by atoms with Crippen LogP contribution in [0.15, 0.2) is 44.4 Å². The number of carbonyl (C=O) groups excluding carboxylic acids is 1. The molecule has 2 heterocycles. The molecule has 3 aromatic rings. The molecule has 1 N–H and O–H groups in total. The van der Waals surface area contributed by atoms with Crippen LogP contribution in [0.4, 0.5) is 5.00 Å². The van der Waals surface area contributed by atoms with Gasteiger partial charge in [-0.25, -0.2) is 4.99 Å². The second-order valence-electron chi connectivity index (χ2n) is 7.37.